The van der Waals surface area contributed by atoms with Gasteiger partial charge in [0.05, 0.1) is 30.4 Å². The molecule has 6 nitrogen and oxygen atoms in total. The van der Waals surface area contributed by atoms with Crippen LogP contribution in [0.3, 0.4) is 0 Å². The molecule has 0 fully saturated rings. The second kappa shape index (κ2) is 5.34. The Hall–Kier alpha value is -2.34. The van der Waals surface area contributed by atoms with Gasteiger partial charge in [0.2, 0.25) is 0 Å². The average Bonchev–Trinajstić information content (AvgIpc) is 2.72. The molecule has 0 spiro atoms. The Morgan fingerprint density at radius 1 is 1.35 bits per heavy atom. The van der Waals surface area contributed by atoms with E-state index in [1.54, 1.807) is 6.07 Å². The minimum Gasteiger partial charge on any atom is -0.494 e. The third kappa shape index (κ3) is 2.25. The van der Waals surface area contributed by atoms with E-state index in [2.05, 4.69) is 0 Å². The zero-order valence-electron chi connectivity index (χ0n) is 11.6. The lowest BCUT2D eigenvalue weighted by Crippen LogP contribution is -2.03. The van der Waals surface area contributed by atoms with Crippen molar-refractivity contribution in [3.05, 3.63) is 51.3 Å². The molecule has 106 valence electrons. The number of aromatic nitrogens is 1. The summed E-state index contributed by atoms with van der Waals surface area (Å²) in [6, 6.07) is 6.37. The Labute approximate surface area is 116 Å². The zero-order valence-corrected chi connectivity index (χ0v) is 11.6. The van der Waals surface area contributed by atoms with E-state index in [1.165, 1.54) is 19.2 Å². The van der Waals surface area contributed by atoms with E-state index in [0.29, 0.717) is 11.4 Å². The summed E-state index contributed by atoms with van der Waals surface area (Å²) in [6.07, 6.45) is 0. The molecule has 6 heteroatoms. The maximum atomic E-state index is 10.8. The number of nitro groups is 1. The van der Waals surface area contributed by atoms with E-state index in [1.807, 2.05) is 24.5 Å². The molecule has 0 atom stereocenters. The number of benzene rings is 1. The summed E-state index contributed by atoms with van der Waals surface area (Å²) in [5.74, 6) is 0.422. The van der Waals surface area contributed by atoms with Gasteiger partial charge in [0.25, 0.3) is 5.69 Å². The number of hydrogen-bond donors (Lipinski definition) is 1. The number of aliphatic hydroxyl groups is 1. The van der Waals surface area contributed by atoms with E-state index < -0.39 is 4.92 Å². The molecule has 0 unspecified atom stereocenters. The fourth-order valence-electron chi connectivity index (χ4n) is 2.32. The zero-order chi connectivity index (χ0) is 14.9. The highest BCUT2D eigenvalue weighted by Crippen LogP contribution is 2.31. The molecule has 0 aliphatic carbocycles. The highest BCUT2D eigenvalue weighted by Gasteiger charge is 2.16. The molecular formula is C14H16N2O4. The van der Waals surface area contributed by atoms with Crippen LogP contribution in [0.15, 0.2) is 24.3 Å². The van der Waals surface area contributed by atoms with Gasteiger partial charge < -0.3 is 14.4 Å². The van der Waals surface area contributed by atoms with Crippen molar-refractivity contribution in [2.24, 2.45) is 0 Å². The van der Waals surface area contributed by atoms with Gasteiger partial charge in [0.1, 0.15) is 5.75 Å². The highest BCUT2D eigenvalue weighted by molar-refractivity contribution is 5.55. The molecule has 20 heavy (non-hydrogen) atoms. The minimum absolute atomic E-state index is 0.0181. The van der Waals surface area contributed by atoms with Gasteiger partial charge in [-0.25, -0.2) is 0 Å². The van der Waals surface area contributed by atoms with Crippen molar-refractivity contribution >= 4 is 5.69 Å². The van der Waals surface area contributed by atoms with Crippen LogP contribution >= 0.6 is 0 Å². The Morgan fingerprint density at radius 3 is 2.55 bits per heavy atom. The van der Waals surface area contributed by atoms with Crippen molar-refractivity contribution in [2.75, 3.05) is 7.11 Å². The molecule has 0 aliphatic heterocycles. The highest BCUT2D eigenvalue weighted by atomic mass is 16.6. The topological polar surface area (TPSA) is 77.5 Å². The average molecular weight is 276 g/mol. The second-order valence-electron chi connectivity index (χ2n) is 4.50. The smallest absolute Gasteiger partial charge is 0.273 e. The monoisotopic (exact) mass is 276 g/mol. The number of rotatable bonds is 4. The number of hydrogen-bond acceptors (Lipinski definition) is 4. The van der Waals surface area contributed by atoms with Crippen LogP contribution in [0.25, 0.3) is 5.69 Å². The predicted molar refractivity (Wildman–Crippen MR) is 74.4 cm³/mol. The van der Waals surface area contributed by atoms with Crippen LogP contribution in [0.5, 0.6) is 5.75 Å². The van der Waals surface area contributed by atoms with Crippen molar-refractivity contribution < 1.29 is 14.8 Å². The fourth-order valence-corrected chi connectivity index (χ4v) is 2.32. The summed E-state index contributed by atoms with van der Waals surface area (Å²) >= 11 is 0. The second-order valence-corrected chi connectivity index (χ2v) is 4.50. The molecule has 1 N–H and O–H groups in total. The number of nitrogens with zero attached hydrogens (tertiary/aromatic N) is 2. The summed E-state index contributed by atoms with van der Waals surface area (Å²) in [7, 11) is 1.48. The molecule has 0 amide bonds. The van der Waals surface area contributed by atoms with Crippen LogP contribution in [0.2, 0.25) is 0 Å². The van der Waals surface area contributed by atoms with Gasteiger partial charge in [-0.15, -0.1) is 0 Å². The van der Waals surface area contributed by atoms with Crippen LogP contribution in [0.4, 0.5) is 5.69 Å². The molecule has 2 rings (SSSR count). The summed E-state index contributed by atoms with van der Waals surface area (Å²) < 4.78 is 7.17. The van der Waals surface area contributed by atoms with E-state index in [4.69, 9.17) is 4.74 Å². The molecule has 0 aliphatic rings. The molecule has 1 heterocycles. The first-order valence-electron chi connectivity index (χ1n) is 6.11. The number of ether oxygens (including phenoxy) is 1. The van der Waals surface area contributed by atoms with Gasteiger partial charge in [0.15, 0.2) is 0 Å². The van der Waals surface area contributed by atoms with Gasteiger partial charge in [-0.3, -0.25) is 10.1 Å². The third-order valence-electron chi connectivity index (χ3n) is 3.32. The fraction of sp³-hybridized carbons (Fsp3) is 0.286. The van der Waals surface area contributed by atoms with Crippen molar-refractivity contribution in [3.8, 4) is 11.4 Å². The van der Waals surface area contributed by atoms with Gasteiger partial charge >= 0.3 is 0 Å². The third-order valence-corrected chi connectivity index (χ3v) is 3.32. The molecular weight excluding hydrogens is 260 g/mol. The van der Waals surface area contributed by atoms with Crippen molar-refractivity contribution in [2.45, 2.75) is 20.5 Å². The summed E-state index contributed by atoms with van der Waals surface area (Å²) in [5.41, 5.74) is 3.34. The summed E-state index contributed by atoms with van der Waals surface area (Å²) in [5, 5.41) is 20.1. The Kier molecular flexibility index (Phi) is 3.76. The SMILES string of the molecule is COc1cc([N+](=O)[O-])ccc1-n1c(C)cc(CO)c1C. The Balaban J connectivity index is 2.64. The van der Waals surface area contributed by atoms with E-state index in [9.17, 15) is 15.2 Å². The largest absolute Gasteiger partial charge is 0.494 e. The maximum Gasteiger partial charge on any atom is 0.273 e. The van der Waals surface area contributed by atoms with Gasteiger partial charge in [-0.1, -0.05) is 0 Å². The quantitative estimate of drug-likeness (QED) is 0.687. The molecule has 0 saturated heterocycles. The first-order chi connectivity index (χ1) is 9.49. The van der Waals surface area contributed by atoms with Crippen LogP contribution in [-0.4, -0.2) is 21.7 Å². The lowest BCUT2D eigenvalue weighted by molar-refractivity contribution is -0.384. The number of aryl methyl sites for hydroxylation is 1. The number of non-ortho nitro benzene ring substituents is 1. The van der Waals surface area contributed by atoms with E-state index in [-0.39, 0.29) is 12.3 Å². The van der Waals surface area contributed by atoms with Crippen LogP contribution in [-0.2, 0) is 6.61 Å². The van der Waals surface area contributed by atoms with E-state index >= 15 is 0 Å². The van der Waals surface area contributed by atoms with Gasteiger partial charge in [0, 0.05) is 17.5 Å². The van der Waals surface area contributed by atoms with Gasteiger partial charge in [-0.2, -0.15) is 0 Å². The Morgan fingerprint density at radius 2 is 2.05 bits per heavy atom. The number of nitro benzene ring substituents is 1. The van der Waals surface area contributed by atoms with Crippen molar-refractivity contribution in [1.29, 1.82) is 0 Å². The molecule has 1 aromatic carbocycles. The van der Waals surface area contributed by atoms with Gasteiger partial charge in [-0.05, 0) is 31.5 Å². The first-order valence-corrected chi connectivity index (χ1v) is 6.11. The van der Waals surface area contributed by atoms with Crippen LogP contribution < -0.4 is 4.74 Å². The van der Waals surface area contributed by atoms with Crippen LogP contribution in [0.1, 0.15) is 17.0 Å². The molecule has 2 aromatic rings. The van der Waals surface area contributed by atoms with Crippen molar-refractivity contribution in [3.63, 3.8) is 0 Å². The standard InChI is InChI=1S/C14H16N2O4/c1-9-6-11(8-17)10(2)15(9)13-5-4-12(16(18)19)7-14(13)20-3/h4-7,17H,8H2,1-3H3. The lowest BCUT2D eigenvalue weighted by atomic mass is 10.2. The normalized spacial score (nSPS) is 10.6. The van der Waals surface area contributed by atoms with E-state index in [0.717, 1.165) is 17.0 Å². The predicted octanol–water partition coefficient (Wildman–Crippen LogP) is 2.50. The molecule has 1 aromatic heterocycles. The summed E-state index contributed by atoms with van der Waals surface area (Å²) in [4.78, 5) is 10.4. The molecule has 0 radical (unpaired) electrons. The summed E-state index contributed by atoms with van der Waals surface area (Å²) in [6.45, 7) is 3.75. The van der Waals surface area contributed by atoms with Crippen molar-refractivity contribution in [1.82, 2.24) is 4.57 Å². The lowest BCUT2D eigenvalue weighted by Gasteiger charge is -2.13. The van der Waals surface area contributed by atoms with Crippen LogP contribution in [0, 0.1) is 24.0 Å². The first kappa shape index (κ1) is 14.1. The minimum atomic E-state index is -0.458. The number of aliphatic hydroxyl groups excluding tert-OH is 1. The molecule has 0 saturated carbocycles. The molecule has 0 bridgehead atoms. The Bertz CT molecular complexity index is 661. The maximum absolute atomic E-state index is 10.8. The number of methoxy groups -OCH3 is 1.